The van der Waals surface area contributed by atoms with Crippen LogP contribution < -0.4 is 16.2 Å². The summed E-state index contributed by atoms with van der Waals surface area (Å²) >= 11 is 0. The molecule has 1 aliphatic carbocycles. The molecule has 3 unspecified atom stereocenters. The number of rotatable bonds is 18. The van der Waals surface area contributed by atoms with Crippen LogP contribution in [0.5, 0.6) is 0 Å². The Labute approximate surface area is 210 Å². The molecule has 0 aliphatic heterocycles. The highest BCUT2D eigenvalue weighted by atomic mass is 19.2. The van der Waals surface area contributed by atoms with Crippen LogP contribution >= 0.6 is 0 Å². The molecule has 3 atom stereocenters. The van der Waals surface area contributed by atoms with Gasteiger partial charge in [-0.25, -0.2) is 0 Å². The zero-order valence-corrected chi connectivity index (χ0v) is 22.8. The minimum absolute atomic E-state index is 0.102. The fraction of sp³-hybridized carbons (Fsp3) is 0.733. The van der Waals surface area contributed by atoms with E-state index >= 15 is 0 Å². The number of hydrogen-bond acceptors (Lipinski definition) is 3. The summed E-state index contributed by atoms with van der Waals surface area (Å²) in [5.74, 6) is 7.97. The van der Waals surface area contributed by atoms with E-state index in [1.807, 2.05) is 0 Å². The second-order valence-electron chi connectivity index (χ2n) is 11.2. The zero-order chi connectivity index (χ0) is 25.6. The van der Waals surface area contributed by atoms with Crippen molar-refractivity contribution in [2.45, 2.75) is 117 Å². The van der Waals surface area contributed by atoms with Gasteiger partial charge in [-0.05, 0) is 88.9 Å². The van der Waals surface area contributed by atoms with E-state index in [0.717, 1.165) is 75.1 Å². The van der Waals surface area contributed by atoms with Crippen molar-refractivity contribution in [1.82, 2.24) is 16.2 Å². The Morgan fingerprint density at radius 3 is 2.24 bits per heavy atom. The first-order valence-electron chi connectivity index (χ1n) is 13.4. The Morgan fingerprint density at radius 1 is 1.00 bits per heavy atom. The van der Waals surface area contributed by atoms with Crippen LogP contribution in [0.3, 0.4) is 0 Å². The maximum absolute atomic E-state index is 12.3. The molecule has 0 radical (unpaired) electrons. The molecule has 194 valence electrons. The average Bonchev–Trinajstić information content (AvgIpc) is 3.07. The lowest BCUT2D eigenvalue weighted by Crippen LogP contribution is -2.39. The predicted octanol–water partition coefficient (Wildman–Crippen LogP) is 7.59. The lowest BCUT2D eigenvalue weighted by Gasteiger charge is -2.30. The lowest BCUT2D eigenvalue weighted by atomic mass is 9.81. The Morgan fingerprint density at radius 2 is 1.65 bits per heavy atom. The summed E-state index contributed by atoms with van der Waals surface area (Å²) < 4.78 is 12.3. The summed E-state index contributed by atoms with van der Waals surface area (Å²) in [6, 6.07) is 0.430. The fourth-order valence-corrected chi connectivity index (χ4v) is 4.52. The van der Waals surface area contributed by atoms with Gasteiger partial charge in [-0.1, -0.05) is 46.1 Å². The van der Waals surface area contributed by atoms with Crippen LogP contribution in [0.25, 0.3) is 0 Å². The molecule has 0 amide bonds. The van der Waals surface area contributed by atoms with Gasteiger partial charge in [0.05, 0.1) is 6.04 Å². The summed E-state index contributed by atoms with van der Waals surface area (Å²) in [6.07, 6.45) is 11.4. The van der Waals surface area contributed by atoms with Gasteiger partial charge in [-0.3, -0.25) is 0 Å². The zero-order valence-electron chi connectivity index (χ0n) is 22.8. The SMILES string of the molecule is C=C(CCC(C)C1CCC#CCC1)NC(CCCCNF)C(=C)NC(C)CCC(C)(C)C(=C)C. The molecule has 34 heavy (non-hydrogen) atoms. The van der Waals surface area contributed by atoms with E-state index in [9.17, 15) is 4.48 Å². The van der Waals surface area contributed by atoms with Gasteiger partial charge in [0.1, 0.15) is 0 Å². The number of nitrogens with one attached hydrogen (secondary N) is 3. The first kappa shape index (κ1) is 30.3. The van der Waals surface area contributed by atoms with Crippen LogP contribution in [-0.4, -0.2) is 18.6 Å². The highest BCUT2D eigenvalue weighted by Gasteiger charge is 2.22. The third-order valence-electron chi connectivity index (χ3n) is 7.71. The normalized spacial score (nSPS) is 17.0. The molecule has 0 aromatic heterocycles. The van der Waals surface area contributed by atoms with Crippen molar-refractivity contribution in [3.05, 3.63) is 36.7 Å². The van der Waals surface area contributed by atoms with Gasteiger partial charge in [0.15, 0.2) is 0 Å². The molecule has 0 saturated carbocycles. The van der Waals surface area contributed by atoms with E-state index < -0.39 is 0 Å². The second-order valence-corrected chi connectivity index (χ2v) is 11.2. The van der Waals surface area contributed by atoms with Crippen LogP contribution in [0, 0.1) is 29.1 Å². The molecule has 0 heterocycles. The van der Waals surface area contributed by atoms with Crippen molar-refractivity contribution >= 4 is 0 Å². The van der Waals surface area contributed by atoms with Crippen LogP contribution in [0.2, 0.25) is 0 Å². The van der Waals surface area contributed by atoms with E-state index in [1.54, 1.807) is 5.54 Å². The maximum Gasteiger partial charge on any atom is 0.0650 e. The van der Waals surface area contributed by atoms with E-state index in [0.29, 0.717) is 18.5 Å². The molecule has 4 heteroatoms. The van der Waals surface area contributed by atoms with Crippen LogP contribution in [0.15, 0.2) is 36.7 Å². The van der Waals surface area contributed by atoms with E-state index in [4.69, 9.17) is 0 Å². The molecule has 1 aliphatic rings. The molecule has 3 N–H and O–H groups in total. The predicted molar refractivity (Wildman–Crippen MR) is 147 cm³/mol. The van der Waals surface area contributed by atoms with Gasteiger partial charge < -0.3 is 10.6 Å². The van der Waals surface area contributed by atoms with E-state index in [1.165, 1.54) is 18.4 Å². The van der Waals surface area contributed by atoms with Crippen molar-refractivity contribution in [3.8, 4) is 11.8 Å². The second kappa shape index (κ2) is 16.0. The van der Waals surface area contributed by atoms with Crippen LogP contribution in [0.1, 0.15) is 105 Å². The van der Waals surface area contributed by atoms with Crippen molar-refractivity contribution in [2.75, 3.05) is 6.54 Å². The summed E-state index contributed by atoms with van der Waals surface area (Å²) in [5.41, 5.74) is 5.20. The highest BCUT2D eigenvalue weighted by Crippen LogP contribution is 2.31. The van der Waals surface area contributed by atoms with Gasteiger partial charge >= 0.3 is 0 Å². The monoisotopic (exact) mass is 473 g/mol. The van der Waals surface area contributed by atoms with Crippen molar-refractivity contribution in [3.63, 3.8) is 0 Å². The van der Waals surface area contributed by atoms with Crippen LogP contribution in [-0.2, 0) is 0 Å². The molecule has 0 bridgehead atoms. The summed E-state index contributed by atoms with van der Waals surface area (Å²) in [5, 5.41) is 7.28. The van der Waals surface area contributed by atoms with Gasteiger partial charge in [-0.15, -0.1) is 16.3 Å². The van der Waals surface area contributed by atoms with Gasteiger partial charge in [0.2, 0.25) is 0 Å². The van der Waals surface area contributed by atoms with Gasteiger partial charge in [0.25, 0.3) is 0 Å². The van der Waals surface area contributed by atoms with Crippen molar-refractivity contribution in [2.24, 2.45) is 17.3 Å². The molecular formula is C30H52FN3. The van der Waals surface area contributed by atoms with Crippen LogP contribution in [0.4, 0.5) is 4.48 Å². The average molecular weight is 474 g/mol. The molecule has 3 nitrogen and oxygen atoms in total. The van der Waals surface area contributed by atoms with Crippen molar-refractivity contribution in [1.29, 1.82) is 0 Å². The maximum atomic E-state index is 12.3. The minimum Gasteiger partial charge on any atom is -0.385 e. The molecule has 0 aromatic rings. The van der Waals surface area contributed by atoms with Crippen molar-refractivity contribution < 1.29 is 4.48 Å². The van der Waals surface area contributed by atoms with E-state index in [2.05, 4.69) is 76.8 Å². The molecule has 0 aromatic carbocycles. The minimum atomic E-state index is 0.102. The standard InChI is InChI=1S/C30H52FN3/c1-23(2)30(7,8)21-20-26(5)33-27(6)29(17-13-14-22-32-31)34-25(4)19-18-24(3)28-15-11-9-10-12-16-28/h24,26,28-29,32-34H,1,4,6,11-22H2,2-3,5,7-8H3. The lowest BCUT2D eigenvalue weighted by molar-refractivity contribution is 0.305. The number of hydrogen-bond donors (Lipinski definition) is 3. The molecule has 1 rings (SSSR count). The summed E-state index contributed by atoms with van der Waals surface area (Å²) in [6.45, 7) is 24.5. The largest absolute Gasteiger partial charge is 0.385 e. The number of unbranched alkanes of at least 4 members (excludes halogenated alkanes) is 1. The fourth-order valence-electron chi connectivity index (χ4n) is 4.52. The Bertz CT molecular complexity index is 688. The highest BCUT2D eigenvalue weighted by molar-refractivity contribution is 5.10. The third kappa shape index (κ3) is 12.1. The Kier molecular flexibility index (Phi) is 14.3. The summed E-state index contributed by atoms with van der Waals surface area (Å²) in [4.78, 5) is 0. The Balaban J connectivity index is 2.58. The smallest absolute Gasteiger partial charge is 0.0650 e. The first-order valence-corrected chi connectivity index (χ1v) is 13.4. The number of allylic oxidation sites excluding steroid dienone is 2. The quantitative estimate of drug-likeness (QED) is 0.0830. The number of halogens is 1. The van der Waals surface area contributed by atoms with E-state index in [-0.39, 0.29) is 11.5 Å². The van der Waals surface area contributed by atoms with Gasteiger partial charge in [-0.2, -0.15) is 5.54 Å². The molecule has 0 saturated heterocycles. The first-order chi connectivity index (χ1) is 16.1. The molecule has 0 fully saturated rings. The van der Waals surface area contributed by atoms with Gasteiger partial charge in [0, 0.05) is 36.8 Å². The molecular weight excluding hydrogens is 421 g/mol. The molecule has 0 spiro atoms. The Hall–Kier alpha value is -1.73. The topological polar surface area (TPSA) is 36.1 Å². The third-order valence-corrected chi connectivity index (χ3v) is 7.71. The summed E-state index contributed by atoms with van der Waals surface area (Å²) in [7, 11) is 0.